The molecule has 16 heavy (non-hydrogen) atoms. The highest BCUT2D eigenvalue weighted by atomic mass is 16.3. The predicted octanol–water partition coefficient (Wildman–Crippen LogP) is 1.68. The van der Waals surface area contributed by atoms with Crippen molar-refractivity contribution in [3.63, 3.8) is 0 Å². The van der Waals surface area contributed by atoms with E-state index in [1.807, 2.05) is 13.8 Å². The van der Waals surface area contributed by atoms with Gasteiger partial charge in [0, 0.05) is 13.0 Å². The van der Waals surface area contributed by atoms with Crippen molar-refractivity contribution in [2.45, 2.75) is 64.1 Å². The van der Waals surface area contributed by atoms with Gasteiger partial charge in [-0.25, -0.2) is 0 Å². The van der Waals surface area contributed by atoms with Gasteiger partial charge in [0.2, 0.25) is 0 Å². The molecule has 0 radical (unpaired) electrons. The Morgan fingerprint density at radius 2 is 1.94 bits per heavy atom. The fourth-order valence-corrected chi connectivity index (χ4v) is 2.75. The van der Waals surface area contributed by atoms with E-state index in [4.69, 9.17) is 0 Å². The molecule has 0 amide bonds. The third-order valence-electron chi connectivity index (χ3n) is 3.76. The lowest BCUT2D eigenvalue weighted by Crippen LogP contribution is -2.41. The summed E-state index contributed by atoms with van der Waals surface area (Å²) in [5, 5.41) is 23.4. The van der Waals surface area contributed by atoms with Crippen LogP contribution in [0.25, 0.3) is 0 Å². The van der Waals surface area contributed by atoms with Crippen LogP contribution in [-0.4, -0.2) is 35.0 Å². The van der Waals surface area contributed by atoms with Crippen LogP contribution in [0.4, 0.5) is 0 Å². The topological polar surface area (TPSA) is 52.5 Å². The van der Waals surface area contributed by atoms with E-state index in [-0.39, 0.29) is 0 Å². The second kappa shape index (κ2) is 6.58. The highest BCUT2D eigenvalue weighted by molar-refractivity contribution is 4.86. The van der Waals surface area contributed by atoms with Crippen molar-refractivity contribution in [3.05, 3.63) is 0 Å². The molecule has 0 bridgehead atoms. The Kier molecular flexibility index (Phi) is 5.73. The molecule has 0 heterocycles. The van der Waals surface area contributed by atoms with Crippen molar-refractivity contribution >= 4 is 0 Å². The van der Waals surface area contributed by atoms with Crippen LogP contribution in [0.5, 0.6) is 0 Å². The van der Waals surface area contributed by atoms with Gasteiger partial charge in [-0.15, -0.1) is 0 Å². The Morgan fingerprint density at radius 1 is 1.31 bits per heavy atom. The molecule has 3 nitrogen and oxygen atoms in total. The fraction of sp³-hybridized carbons (Fsp3) is 1.00. The van der Waals surface area contributed by atoms with Gasteiger partial charge >= 0.3 is 0 Å². The van der Waals surface area contributed by atoms with Crippen LogP contribution in [0.1, 0.15) is 52.4 Å². The van der Waals surface area contributed by atoms with Gasteiger partial charge in [0.1, 0.15) is 0 Å². The predicted molar refractivity (Wildman–Crippen MR) is 66.4 cm³/mol. The summed E-state index contributed by atoms with van der Waals surface area (Å²) < 4.78 is 0. The first-order chi connectivity index (χ1) is 7.56. The summed E-state index contributed by atoms with van der Waals surface area (Å²) in [5.74, 6) is 0.373. The molecule has 0 spiro atoms. The molecule has 0 saturated heterocycles. The average Bonchev–Trinajstić information content (AvgIpc) is 2.27. The van der Waals surface area contributed by atoms with Crippen LogP contribution < -0.4 is 5.32 Å². The molecule has 1 aliphatic carbocycles. The summed E-state index contributed by atoms with van der Waals surface area (Å²) in [6, 6.07) is 0. The summed E-state index contributed by atoms with van der Waals surface area (Å²) in [6.45, 7) is 5.35. The Hall–Kier alpha value is -0.120. The van der Waals surface area contributed by atoms with Crippen LogP contribution >= 0.6 is 0 Å². The lowest BCUT2D eigenvalue weighted by Gasteiger charge is -2.37. The van der Waals surface area contributed by atoms with E-state index >= 15 is 0 Å². The van der Waals surface area contributed by atoms with Crippen molar-refractivity contribution in [2.24, 2.45) is 5.92 Å². The second-order valence-electron chi connectivity index (χ2n) is 5.36. The average molecular weight is 229 g/mol. The number of aliphatic hydroxyl groups is 2. The minimum absolute atomic E-state index is 0.373. The van der Waals surface area contributed by atoms with Gasteiger partial charge in [0.15, 0.2) is 0 Å². The molecule has 2 atom stereocenters. The Bertz CT molecular complexity index is 188. The van der Waals surface area contributed by atoms with Gasteiger partial charge in [-0.1, -0.05) is 26.2 Å². The molecule has 0 aromatic heterocycles. The van der Waals surface area contributed by atoms with E-state index in [2.05, 4.69) is 5.32 Å². The SMILES string of the molecule is CCNC[C@H](O)C[C@@](C)(O)C1CCCCC1. The van der Waals surface area contributed by atoms with Crippen LogP contribution in [0.2, 0.25) is 0 Å². The molecule has 3 N–H and O–H groups in total. The fourth-order valence-electron chi connectivity index (χ4n) is 2.75. The summed E-state index contributed by atoms with van der Waals surface area (Å²) in [7, 11) is 0. The molecule has 0 aliphatic heterocycles. The highest BCUT2D eigenvalue weighted by Crippen LogP contribution is 2.35. The van der Waals surface area contributed by atoms with Crippen molar-refractivity contribution < 1.29 is 10.2 Å². The number of hydrogen-bond donors (Lipinski definition) is 3. The summed E-state index contributed by atoms with van der Waals surface area (Å²) >= 11 is 0. The maximum atomic E-state index is 10.4. The van der Waals surface area contributed by atoms with Gasteiger partial charge in [-0.05, 0) is 32.2 Å². The normalized spacial score (nSPS) is 24.0. The quantitative estimate of drug-likeness (QED) is 0.649. The largest absolute Gasteiger partial charge is 0.392 e. The van der Waals surface area contributed by atoms with Gasteiger partial charge in [0.25, 0.3) is 0 Å². The van der Waals surface area contributed by atoms with E-state index in [0.717, 1.165) is 19.4 Å². The minimum Gasteiger partial charge on any atom is -0.392 e. The third-order valence-corrected chi connectivity index (χ3v) is 3.76. The number of rotatable bonds is 6. The van der Waals surface area contributed by atoms with Gasteiger partial charge in [0.05, 0.1) is 11.7 Å². The lowest BCUT2D eigenvalue weighted by molar-refractivity contribution is -0.0522. The molecule has 0 aromatic rings. The van der Waals surface area contributed by atoms with E-state index in [0.29, 0.717) is 18.9 Å². The maximum Gasteiger partial charge on any atom is 0.0691 e. The summed E-state index contributed by atoms with van der Waals surface area (Å²) in [5.41, 5.74) is -0.699. The summed E-state index contributed by atoms with van der Waals surface area (Å²) in [4.78, 5) is 0. The molecular weight excluding hydrogens is 202 g/mol. The zero-order valence-electron chi connectivity index (χ0n) is 10.7. The molecule has 1 rings (SSSR count). The number of aliphatic hydroxyl groups excluding tert-OH is 1. The first-order valence-electron chi connectivity index (χ1n) is 6.67. The molecule has 1 saturated carbocycles. The van der Waals surface area contributed by atoms with Gasteiger partial charge < -0.3 is 15.5 Å². The zero-order chi connectivity index (χ0) is 12.0. The number of hydrogen-bond acceptors (Lipinski definition) is 3. The number of likely N-dealkylation sites (N-methyl/N-ethyl adjacent to an activating group) is 1. The number of nitrogens with one attached hydrogen (secondary N) is 1. The smallest absolute Gasteiger partial charge is 0.0691 e. The molecule has 3 heteroatoms. The first kappa shape index (κ1) is 13.9. The van der Waals surface area contributed by atoms with E-state index in [9.17, 15) is 10.2 Å². The zero-order valence-corrected chi connectivity index (χ0v) is 10.7. The molecule has 1 aliphatic rings. The summed E-state index contributed by atoms with van der Waals surface area (Å²) in [6.07, 6.45) is 6.03. The van der Waals surface area contributed by atoms with Crippen molar-refractivity contribution in [1.29, 1.82) is 0 Å². The third kappa shape index (κ3) is 4.40. The second-order valence-corrected chi connectivity index (χ2v) is 5.36. The Morgan fingerprint density at radius 3 is 2.50 bits per heavy atom. The first-order valence-corrected chi connectivity index (χ1v) is 6.67. The standard InChI is InChI=1S/C13H27NO2/c1-3-14-10-12(15)9-13(2,16)11-7-5-4-6-8-11/h11-12,14-16H,3-10H2,1-2H3/t12-,13-/m1/s1. The minimum atomic E-state index is -0.699. The van der Waals surface area contributed by atoms with Crippen molar-refractivity contribution in [3.8, 4) is 0 Å². The van der Waals surface area contributed by atoms with Crippen molar-refractivity contribution in [1.82, 2.24) is 5.32 Å². The Labute approximate surface area is 99.3 Å². The van der Waals surface area contributed by atoms with Gasteiger partial charge in [-0.2, -0.15) is 0 Å². The monoisotopic (exact) mass is 229 g/mol. The molecule has 1 fully saturated rings. The van der Waals surface area contributed by atoms with Crippen LogP contribution in [-0.2, 0) is 0 Å². The highest BCUT2D eigenvalue weighted by Gasteiger charge is 2.34. The maximum absolute atomic E-state index is 10.4. The van der Waals surface area contributed by atoms with Crippen LogP contribution in [0, 0.1) is 5.92 Å². The van der Waals surface area contributed by atoms with E-state index in [1.54, 1.807) is 0 Å². The van der Waals surface area contributed by atoms with Crippen molar-refractivity contribution in [2.75, 3.05) is 13.1 Å². The molecular formula is C13H27NO2. The van der Waals surface area contributed by atoms with Crippen LogP contribution in [0.15, 0.2) is 0 Å². The van der Waals surface area contributed by atoms with E-state index in [1.165, 1.54) is 19.3 Å². The van der Waals surface area contributed by atoms with E-state index < -0.39 is 11.7 Å². The molecule has 0 unspecified atom stereocenters. The molecule has 96 valence electrons. The molecule has 0 aromatic carbocycles. The lowest BCUT2D eigenvalue weighted by atomic mass is 9.75. The Balaban J connectivity index is 2.36. The van der Waals surface area contributed by atoms with Crippen LogP contribution in [0.3, 0.4) is 0 Å². The van der Waals surface area contributed by atoms with Gasteiger partial charge in [-0.3, -0.25) is 0 Å².